The first-order valence-electron chi connectivity index (χ1n) is 7.70. The molecule has 2 aliphatic rings. The van der Waals surface area contributed by atoms with Crippen LogP contribution in [0.5, 0.6) is 0 Å². The van der Waals surface area contributed by atoms with Crippen LogP contribution in [0.15, 0.2) is 0 Å². The third kappa shape index (κ3) is 3.96. The molecule has 3 unspecified atom stereocenters. The molecule has 0 bridgehead atoms. The topological polar surface area (TPSA) is 23.5 Å². The predicted octanol–water partition coefficient (Wildman–Crippen LogP) is 3.05. The molecule has 0 radical (unpaired) electrons. The minimum atomic E-state index is -0.0253. The number of hydrogen-bond acceptors (Lipinski definition) is 2. The molecule has 1 heterocycles. The Morgan fingerprint density at radius 1 is 1.12 bits per heavy atom. The normalized spacial score (nSPS) is 36.0. The van der Waals surface area contributed by atoms with Crippen LogP contribution in [0.2, 0.25) is 0 Å². The van der Waals surface area contributed by atoms with Gasteiger partial charge in [-0.25, -0.2) is 0 Å². The summed E-state index contributed by atoms with van der Waals surface area (Å²) < 4.78 is 0. The fraction of sp³-hybridized carbons (Fsp3) is 1.00. The third-order valence-corrected chi connectivity index (χ3v) is 4.68. The highest BCUT2D eigenvalue weighted by atomic mass is 16.3. The first-order chi connectivity index (χ1) is 8.29. The number of likely N-dealkylation sites (tertiary alicyclic amines) is 1. The van der Waals surface area contributed by atoms with Crippen molar-refractivity contribution in [3.8, 4) is 0 Å². The van der Waals surface area contributed by atoms with Crippen LogP contribution in [0.3, 0.4) is 0 Å². The molecule has 1 saturated heterocycles. The van der Waals surface area contributed by atoms with E-state index < -0.39 is 0 Å². The second kappa shape index (κ2) is 6.75. The first kappa shape index (κ1) is 13.4. The van der Waals surface area contributed by atoms with Crippen molar-refractivity contribution in [1.29, 1.82) is 0 Å². The molecule has 1 aliphatic carbocycles. The second-order valence-corrected chi connectivity index (χ2v) is 6.17. The van der Waals surface area contributed by atoms with Crippen LogP contribution in [0.25, 0.3) is 0 Å². The van der Waals surface area contributed by atoms with Crippen molar-refractivity contribution in [2.45, 2.75) is 64.4 Å². The molecule has 100 valence electrons. The van der Waals surface area contributed by atoms with Crippen molar-refractivity contribution < 1.29 is 5.11 Å². The molecule has 0 aromatic heterocycles. The highest BCUT2D eigenvalue weighted by Crippen LogP contribution is 2.27. The van der Waals surface area contributed by atoms with Crippen molar-refractivity contribution in [1.82, 2.24) is 4.90 Å². The van der Waals surface area contributed by atoms with Crippen LogP contribution in [-0.4, -0.2) is 35.7 Å². The molecule has 2 fully saturated rings. The average molecular weight is 239 g/mol. The minimum Gasteiger partial charge on any atom is -0.393 e. The molecule has 0 amide bonds. The van der Waals surface area contributed by atoms with Gasteiger partial charge >= 0.3 is 0 Å². The lowest BCUT2D eigenvalue weighted by Crippen LogP contribution is -2.33. The summed E-state index contributed by atoms with van der Waals surface area (Å²) in [4.78, 5) is 2.61. The number of aliphatic hydroxyl groups excluding tert-OH is 1. The second-order valence-electron chi connectivity index (χ2n) is 6.17. The zero-order chi connectivity index (χ0) is 12.1. The lowest BCUT2D eigenvalue weighted by molar-refractivity contribution is 0.0782. The highest BCUT2D eigenvalue weighted by molar-refractivity contribution is 4.81. The van der Waals surface area contributed by atoms with Gasteiger partial charge in [-0.05, 0) is 44.1 Å². The van der Waals surface area contributed by atoms with Gasteiger partial charge in [-0.15, -0.1) is 0 Å². The summed E-state index contributed by atoms with van der Waals surface area (Å²) in [5, 5.41) is 10.2. The van der Waals surface area contributed by atoms with Crippen LogP contribution in [0.1, 0.15) is 58.3 Å². The van der Waals surface area contributed by atoms with E-state index in [1.165, 1.54) is 58.0 Å². The average Bonchev–Trinajstić information content (AvgIpc) is 2.65. The fourth-order valence-corrected chi connectivity index (χ4v) is 3.63. The number of rotatable bonds is 4. The van der Waals surface area contributed by atoms with E-state index in [4.69, 9.17) is 0 Å². The molecule has 1 saturated carbocycles. The Hall–Kier alpha value is -0.0800. The number of hydrogen-bond donors (Lipinski definition) is 1. The van der Waals surface area contributed by atoms with Crippen LogP contribution in [0.4, 0.5) is 0 Å². The number of aliphatic hydroxyl groups is 1. The van der Waals surface area contributed by atoms with E-state index in [1.807, 2.05) is 0 Å². The van der Waals surface area contributed by atoms with Crippen LogP contribution in [-0.2, 0) is 0 Å². The van der Waals surface area contributed by atoms with Gasteiger partial charge in [0.1, 0.15) is 0 Å². The van der Waals surface area contributed by atoms with Gasteiger partial charge in [-0.2, -0.15) is 0 Å². The van der Waals surface area contributed by atoms with E-state index in [2.05, 4.69) is 11.8 Å². The molecular formula is C15H29NO. The Morgan fingerprint density at radius 3 is 2.76 bits per heavy atom. The maximum Gasteiger partial charge on any atom is 0.0580 e. The van der Waals surface area contributed by atoms with E-state index >= 15 is 0 Å². The largest absolute Gasteiger partial charge is 0.393 e. The standard InChI is InChI=1S/C15H29NO/c1-2-6-13-9-10-16(11-13)12-14-7-4-3-5-8-15(14)17/h13-15,17H,2-12H2,1H3. The maximum absolute atomic E-state index is 10.2. The smallest absolute Gasteiger partial charge is 0.0580 e. The van der Waals surface area contributed by atoms with Crippen LogP contribution in [0, 0.1) is 11.8 Å². The third-order valence-electron chi connectivity index (χ3n) is 4.68. The molecule has 3 atom stereocenters. The van der Waals surface area contributed by atoms with Crippen molar-refractivity contribution in [3.05, 3.63) is 0 Å². The zero-order valence-corrected chi connectivity index (χ0v) is 11.4. The molecule has 1 N–H and O–H groups in total. The summed E-state index contributed by atoms with van der Waals surface area (Å²) in [6.07, 6.45) is 10.2. The van der Waals surface area contributed by atoms with Gasteiger partial charge in [0.05, 0.1) is 6.10 Å². The quantitative estimate of drug-likeness (QED) is 0.762. The van der Waals surface area contributed by atoms with Gasteiger partial charge in [0.25, 0.3) is 0 Å². The van der Waals surface area contributed by atoms with Gasteiger partial charge in [-0.3, -0.25) is 0 Å². The van der Waals surface area contributed by atoms with Crippen molar-refractivity contribution in [2.75, 3.05) is 19.6 Å². The number of nitrogens with zero attached hydrogens (tertiary/aromatic N) is 1. The summed E-state index contributed by atoms with van der Waals surface area (Å²) in [5.41, 5.74) is 0. The summed E-state index contributed by atoms with van der Waals surface area (Å²) in [6, 6.07) is 0. The molecule has 2 nitrogen and oxygen atoms in total. The molecule has 2 rings (SSSR count). The molecule has 17 heavy (non-hydrogen) atoms. The SMILES string of the molecule is CCCC1CCN(CC2CCCCCC2O)C1. The van der Waals surface area contributed by atoms with E-state index in [0.29, 0.717) is 5.92 Å². The molecule has 1 aliphatic heterocycles. The molecule has 0 aromatic carbocycles. The summed E-state index contributed by atoms with van der Waals surface area (Å²) in [7, 11) is 0. The lowest BCUT2D eigenvalue weighted by Gasteiger charge is -2.26. The summed E-state index contributed by atoms with van der Waals surface area (Å²) >= 11 is 0. The van der Waals surface area contributed by atoms with Crippen molar-refractivity contribution >= 4 is 0 Å². The zero-order valence-electron chi connectivity index (χ0n) is 11.4. The van der Waals surface area contributed by atoms with E-state index in [-0.39, 0.29) is 6.10 Å². The van der Waals surface area contributed by atoms with E-state index in [9.17, 15) is 5.11 Å². The summed E-state index contributed by atoms with van der Waals surface area (Å²) in [5.74, 6) is 1.49. The molecule has 0 aromatic rings. The predicted molar refractivity (Wildman–Crippen MR) is 72.0 cm³/mol. The Labute approximate surface area is 106 Å². The Balaban J connectivity index is 1.76. The van der Waals surface area contributed by atoms with Gasteiger partial charge in [0, 0.05) is 13.1 Å². The van der Waals surface area contributed by atoms with Gasteiger partial charge in [0.15, 0.2) is 0 Å². The van der Waals surface area contributed by atoms with E-state index in [0.717, 1.165) is 18.9 Å². The highest BCUT2D eigenvalue weighted by Gasteiger charge is 2.27. The van der Waals surface area contributed by atoms with Crippen LogP contribution >= 0.6 is 0 Å². The van der Waals surface area contributed by atoms with E-state index in [1.54, 1.807) is 0 Å². The molecule has 0 spiro atoms. The molecule has 2 heteroatoms. The Morgan fingerprint density at radius 2 is 1.94 bits per heavy atom. The van der Waals surface area contributed by atoms with Gasteiger partial charge in [-0.1, -0.05) is 32.6 Å². The first-order valence-corrected chi connectivity index (χ1v) is 7.70. The Kier molecular flexibility index (Phi) is 5.30. The minimum absolute atomic E-state index is 0.0253. The maximum atomic E-state index is 10.2. The molecular weight excluding hydrogens is 210 g/mol. The van der Waals surface area contributed by atoms with Crippen LogP contribution < -0.4 is 0 Å². The van der Waals surface area contributed by atoms with Gasteiger partial charge < -0.3 is 10.0 Å². The van der Waals surface area contributed by atoms with Crippen molar-refractivity contribution in [2.24, 2.45) is 11.8 Å². The summed E-state index contributed by atoms with van der Waals surface area (Å²) in [6.45, 7) is 6.00. The Bertz CT molecular complexity index is 219. The van der Waals surface area contributed by atoms with Gasteiger partial charge in [0.2, 0.25) is 0 Å². The lowest BCUT2D eigenvalue weighted by atomic mass is 9.97. The fourth-order valence-electron chi connectivity index (χ4n) is 3.63. The van der Waals surface area contributed by atoms with Crippen molar-refractivity contribution in [3.63, 3.8) is 0 Å². The monoisotopic (exact) mass is 239 g/mol.